The summed E-state index contributed by atoms with van der Waals surface area (Å²) < 4.78 is 0. The normalized spacial score (nSPS) is 31.2. The third-order valence-corrected chi connectivity index (χ3v) is 8.58. The Labute approximate surface area is 213 Å². The van der Waals surface area contributed by atoms with Gasteiger partial charge >= 0.3 is 0 Å². The number of benzene rings is 1. The summed E-state index contributed by atoms with van der Waals surface area (Å²) in [7, 11) is 6.97. The molecule has 4 aliphatic rings. The van der Waals surface area contributed by atoms with E-state index in [0.29, 0.717) is 5.56 Å². The van der Waals surface area contributed by atoms with Crippen LogP contribution < -0.4 is 16.0 Å². The minimum Gasteiger partial charge on any atom is -0.510 e. The van der Waals surface area contributed by atoms with E-state index in [4.69, 9.17) is 5.73 Å². The fraction of sp³-hybridized carbons (Fsp3) is 0.500. The second kappa shape index (κ2) is 8.30. The van der Waals surface area contributed by atoms with Crippen LogP contribution in [0.5, 0.6) is 5.75 Å². The number of phenols is 1. The first-order valence-corrected chi connectivity index (χ1v) is 12.3. The Hall–Kier alpha value is -3.41. The molecule has 198 valence electrons. The van der Waals surface area contributed by atoms with Crippen LogP contribution in [-0.2, 0) is 16.0 Å². The van der Waals surface area contributed by atoms with Gasteiger partial charge in [-0.3, -0.25) is 19.3 Å². The number of primary amides is 1. The first-order valence-electron chi connectivity index (χ1n) is 12.3. The quantitative estimate of drug-likeness (QED) is 0.307. The number of likely N-dealkylation sites (N-methyl/N-ethyl adjacent to an activating group) is 1. The number of aromatic hydroxyl groups is 1. The molecule has 7 N–H and O–H groups in total. The standard InChI is InChI=1S/C26H32N4O7/c1-28-14-5-6-30(4)19-11(14)9-15(31)17-12(19)7-10-8-13-20(29(2)3)22(33)18(25(27)36)24(35)26(13,37)23(34)16(10)21(17)32/h9-10,13-14,20,28,31,33-34,37H,5-8H2,1-4H3,(H2,27,36)/t10-,13-,14?,20+,26+/m1/s1. The number of nitrogens with one attached hydrogen (secondary N) is 1. The zero-order valence-electron chi connectivity index (χ0n) is 21.2. The highest BCUT2D eigenvalue weighted by molar-refractivity contribution is 6.24. The van der Waals surface area contributed by atoms with Crippen LogP contribution in [0.3, 0.4) is 0 Å². The average Bonchev–Trinajstić information content (AvgIpc) is 2.81. The van der Waals surface area contributed by atoms with Crippen LogP contribution in [-0.4, -0.2) is 89.2 Å². The van der Waals surface area contributed by atoms with Gasteiger partial charge in [0, 0.05) is 36.8 Å². The molecule has 11 heteroatoms. The Bertz CT molecular complexity index is 1320. The maximum Gasteiger partial charge on any atom is 0.255 e. The number of allylic oxidation sites excluding steroid dienone is 1. The Morgan fingerprint density at radius 3 is 2.51 bits per heavy atom. The molecule has 1 unspecified atom stereocenters. The molecule has 0 fully saturated rings. The van der Waals surface area contributed by atoms with Gasteiger partial charge in [0.1, 0.15) is 22.8 Å². The van der Waals surface area contributed by atoms with Gasteiger partial charge in [-0.25, -0.2) is 0 Å². The van der Waals surface area contributed by atoms with Gasteiger partial charge in [-0.05, 0) is 63.5 Å². The molecule has 0 saturated heterocycles. The van der Waals surface area contributed by atoms with Crippen molar-refractivity contribution in [1.82, 2.24) is 10.2 Å². The van der Waals surface area contributed by atoms with E-state index < -0.39 is 58.0 Å². The minimum absolute atomic E-state index is 0.0114. The van der Waals surface area contributed by atoms with E-state index in [2.05, 4.69) is 5.32 Å². The molecule has 3 aliphatic carbocycles. The molecular weight excluding hydrogens is 480 g/mol. The number of ketones is 2. The predicted molar refractivity (Wildman–Crippen MR) is 133 cm³/mol. The van der Waals surface area contributed by atoms with Gasteiger partial charge in [-0.15, -0.1) is 0 Å². The van der Waals surface area contributed by atoms with Crippen molar-refractivity contribution in [2.24, 2.45) is 17.6 Å². The molecule has 11 nitrogen and oxygen atoms in total. The van der Waals surface area contributed by atoms with Crippen molar-refractivity contribution in [3.63, 3.8) is 0 Å². The number of nitrogens with two attached hydrogens (primary N) is 1. The number of carbonyl (C=O) groups excluding carboxylic acids is 3. The minimum atomic E-state index is -2.64. The Kier molecular flexibility index (Phi) is 5.67. The zero-order chi connectivity index (χ0) is 27.1. The second-order valence-electron chi connectivity index (χ2n) is 10.7. The third-order valence-electron chi connectivity index (χ3n) is 8.58. The fourth-order valence-corrected chi connectivity index (χ4v) is 6.94. The summed E-state index contributed by atoms with van der Waals surface area (Å²) in [6, 6.07) is 0.531. The van der Waals surface area contributed by atoms with Crippen molar-refractivity contribution >= 4 is 23.2 Å². The summed E-state index contributed by atoms with van der Waals surface area (Å²) in [4.78, 5) is 42.9. The van der Waals surface area contributed by atoms with Gasteiger partial charge in [0.15, 0.2) is 11.4 Å². The lowest BCUT2D eigenvalue weighted by atomic mass is 9.58. The molecule has 0 bridgehead atoms. The van der Waals surface area contributed by atoms with Crippen LogP contribution >= 0.6 is 0 Å². The van der Waals surface area contributed by atoms with E-state index in [0.717, 1.165) is 24.2 Å². The molecule has 0 spiro atoms. The first-order chi connectivity index (χ1) is 17.4. The van der Waals surface area contributed by atoms with Crippen molar-refractivity contribution in [2.45, 2.75) is 36.9 Å². The summed E-state index contributed by atoms with van der Waals surface area (Å²) in [5, 5.41) is 48.2. The van der Waals surface area contributed by atoms with E-state index >= 15 is 0 Å². The monoisotopic (exact) mass is 512 g/mol. The average molecular weight is 513 g/mol. The molecule has 0 aromatic heterocycles. The lowest BCUT2D eigenvalue weighted by Crippen LogP contribution is -2.63. The fourth-order valence-electron chi connectivity index (χ4n) is 6.94. The number of anilines is 1. The van der Waals surface area contributed by atoms with E-state index in [1.807, 2.05) is 19.0 Å². The van der Waals surface area contributed by atoms with E-state index in [9.17, 15) is 34.8 Å². The van der Waals surface area contributed by atoms with Gasteiger partial charge in [0.2, 0.25) is 5.78 Å². The number of amides is 1. The number of carbonyl (C=O) groups is 3. The maximum absolute atomic E-state index is 13.8. The number of hydrogen-bond donors (Lipinski definition) is 6. The number of hydrogen-bond acceptors (Lipinski definition) is 10. The third kappa shape index (κ3) is 3.20. The van der Waals surface area contributed by atoms with Crippen LogP contribution in [0.25, 0.3) is 0 Å². The molecular formula is C26H32N4O7. The topological polar surface area (TPSA) is 177 Å². The van der Waals surface area contributed by atoms with Crippen molar-refractivity contribution in [1.29, 1.82) is 0 Å². The Balaban J connectivity index is 1.73. The van der Waals surface area contributed by atoms with E-state index in [1.54, 1.807) is 20.2 Å². The number of phenolic OH excluding ortho intramolecular Hbond substituents is 1. The molecule has 1 amide bonds. The molecule has 1 aromatic rings. The first kappa shape index (κ1) is 25.2. The number of aliphatic hydroxyl groups excluding tert-OH is 2. The van der Waals surface area contributed by atoms with Crippen molar-refractivity contribution in [2.75, 3.05) is 39.6 Å². The van der Waals surface area contributed by atoms with Gasteiger partial charge < -0.3 is 36.4 Å². The lowest BCUT2D eigenvalue weighted by Gasteiger charge is -2.50. The lowest BCUT2D eigenvalue weighted by molar-refractivity contribution is -0.148. The van der Waals surface area contributed by atoms with Gasteiger partial charge in [-0.2, -0.15) is 0 Å². The van der Waals surface area contributed by atoms with Crippen LogP contribution in [0.1, 0.15) is 40.4 Å². The molecule has 5 atom stereocenters. The van der Waals surface area contributed by atoms with Crippen LogP contribution in [0.2, 0.25) is 0 Å². The van der Waals surface area contributed by atoms with Crippen molar-refractivity contribution in [3.05, 3.63) is 45.4 Å². The van der Waals surface area contributed by atoms with Gasteiger partial charge in [-0.1, -0.05) is 0 Å². The summed E-state index contributed by atoms with van der Waals surface area (Å²) in [6.07, 6.45) is 1.15. The summed E-state index contributed by atoms with van der Waals surface area (Å²) in [5.41, 5.74) is 4.15. The highest BCUT2D eigenvalue weighted by Gasteiger charge is 2.63. The largest absolute Gasteiger partial charge is 0.510 e. The van der Waals surface area contributed by atoms with Gasteiger partial charge in [0.25, 0.3) is 5.91 Å². The Morgan fingerprint density at radius 2 is 1.92 bits per heavy atom. The maximum atomic E-state index is 13.8. The van der Waals surface area contributed by atoms with E-state index in [1.165, 1.54) is 4.90 Å². The highest BCUT2D eigenvalue weighted by atomic mass is 16.3. The highest BCUT2D eigenvalue weighted by Crippen LogP contribution is 2.54. The zero-order valence-corrected chi connectivity index (χ0v) is 21.2. The van der Waals surface area contributed by atoms with E-state index in [-0.39, 0.29) is 35.8 Å². The van der Waals surface area contributed by atoms with Gasteiger partial charge in [0.05, 0.1) is 11.6 Å². The number of Topliss-reactive ketones (excluding diaryl/α,β-unsaturated/α-hetero) is 2. The number of nitrogens with zero attached hydrogens (tertiary/aromatic N) is 2. The molecule has 1 aliphatic heterocycles. The smallest absolute Gasteiger partial charge is 0.255 e. The molecule has 0 radical (unpaired) electrons. The number of rotatable bonds is 3. The Morgan fingerprint density at radius 1 is 1.24 bits per heavy atom. The summed E-state index contributed by atoms with van der Waals surface area (Å²) in [5.74, 6) is -6.48. The SMILES string of the molecule is CNC1CCN(C)c2c1cc(O)c1c2C[C@@H]2C[C@@H]3[C@H](N(C)C)C(O)=C(C(N)=O)C(=O)[C@@]3(O)C(O)=C2C1=O. The number of fused-ring (bicyclic) bond motifs is 5. The molecule has 37 heavy (non-hydrogen) atoms. The summed E-state index contributed by atoms with van der Waals surface area (Å²) >= 11 is 0. The van der Waals surface area contributed by atoms with Crippen LogP contribution in [0, 0.1) is 11.8 Å². The van der Waals surface area contributed by atoms with Crippen LogP contribution in [0.4, 0.5) is 5.69 Å². The molecule has 1 aromatic carbocycles. The molecule has 0 saturated carbocycles. The second-order valence-corrected chi connectivity index (χ2v) is 10.7. The predicted octanol–water partition coefficient (Wildman–Crippen LogP) is 0.221. The molecule has 1 heterocycles. The number of aliphatic hydroxyl groups is 3. The molecule has 5 rings (SSSR count). The van der Waals surface area contributed by atoms with Crippen LogP contribution in [0.15, 0.2) is 28.7 Å². The van der Waals surface area contributed by atoms with Crippen molar-refractivity contribution in [3.8, 4) is 5.75 Å². The van der Waals surface area contributed by atoms with Crippen molar-refractivity contribution < 1.29 is 34.8 Å². The summed E-state index contributed by atoms with van der Waals surface area (Å²) in [6.45, 7) is 0.733.